The van der Waals surface area contributed by atoms with E-state index in [9.17, 15) is 4.79 Å². The van der Waals surface area contributed by atoms with E-state index in [1.54, 1.807) is 7.11 Å². The first kappa shape index (κ1) is 11.5. The van der Waals surface area contributed by atoms with Crippen LogP contribution >= 0.6 is 0 Å². The average Bonchev–Trinajstić information content (AvgIpc) is 2.06. The van der Waals surface area contributed by atoms with Crippen molar-refractivity contribution in [1.29, 1.82) is 0 Å². The zero-order valence-electron chi connectivity index (χ0n) is 7.79. The van der Waals surface area contributed by atoms with Gasteiger partial charge in [-0.2, -0.15) is 4.99 Å². The van der Waals surface area contributed by atoms with Crippen LogP contribution in [0.3, 0.4) is 0 Å². The van der Waals surface area contributed by atoms with E-state index in [2.05, 4.69) is 11.9 Å². The molecule has 0 fully saturated rings. The molecule has 0 aromatic heterocycles. The lowest BCUT2D eigenvalue weighted by Crippen LogP contribution is -2.37. The van der Waals surface area contributed by atoms with Gasteiger partial charge in [-0.25, -0.2) is 4.79 Å². The van der Waals surface area contributed by atoms with Gasteiger partial charge in [0, 0.05) is 7.11 Å². The summed E-state index contributed by atoms with van der Waals surface area (Å²) in [5, 5.41) is 0. The van der Waals surface area contributed by atoms with E-state index in [1.807, 2.05) is 6.55 Å². The summed E-state index contributed by atoms with van der Waals surface area (Å²) in [6, 6.07) is 0.915. The molecule has 1 unspecified atom stereocenters. The smallest absolute Gasteiger partial charge is 0.336 e. The fraction of sp³-hybridized carbons (Fsp3) is 0.857. The highest BCUT2D eigenvalue weighted by molar-refractivity contribution is 6.65. The Morgan fingerprint density at radius 1 is 1.58 bits per heavy atom. The molecule has 0 aliphatic heterocycles. The lowest BCUT2D eigenvalue weighted by molar-refractivity contribution is 0.210. The molecule has 0 aliphatic rings. The van der Waals surface area contributed by atoms with Gasteiger partial charge in [0.1, 0.15) is 6.73 Å². The van der Waals surface area contributed by atoms with Crippen molar-refractivity contribution in [1.82, 2.24) is 0 Å². The molecule has 4 nitrogen and oxygen atoms in total. The van der Waals surface area contributed by atoms with Gasteiger partial charge >= 0.3 is 8.56 Å². The molecule has 0 bridgehead atoms. The second kappa shape index (κ2) is 6.08. The maximum atomic E-state index is 9.74. The van der Waals surface area contributed by atoms with Gasteiger partial charge in [0.15, 0.2) is 0 Å². The van der Waals surface area contributed by atoms with E-state index in [1.165, 1.54) is 6.08 Å². The Morgan fingerprint density at radius 3 is 2.67 bits per heavy atom. The summed E-state index contributed by atoms with van der Waals surface area (Å²) in [5.74, 6) is 0. The summed E-state index contributed by atoms with van der Waals surface area (Å²) >= 11 is 0. The quantitative estimate of drug-likeness (QED) is 0.361. The van der Waals surface area contributed by atoms with E-state index >= 15 is 0 Å². The third-order valence-electron chi connectivity index (χ3n) is 1.63. The highest BCUT2D eigenvalue weighted by atomic mass is 28.4. The molecule has 0 spiro atoms. The minimum Gasteiger partial charge on any atom is -0.398 e. The number of rotatable bonds is 6. The Labute approximate surface area is 73.8 Å². The minimum absolute atomic E-state index is 0.0695. The van der Waals surface area contributed by atoms with Gasteiger partial charge in [0.05, 0.1) is 0 Å². The van der Waals surface area contributed by atoms with Gasteiger partial charge in [-0.15, -0.1) is 0 Å². The number of hydrogen-bond donors (Lipinski definition) is 0. The van der Waals surface area contributed by atoms with Crippen LogP contribution in [0, 0.1) is 0 Å². The molecule has 1 atom stereocenters. The molecule has 0 saturated heterocycles. The fourth-order valence-electron chi connectivity index (χ4n) is 0.882. The minimum atomic E-state index is -2.03. The Bertz CT molecular complexity index is 170. The molecule has 0 aliphatic carbocycles. The molecule has 12 heavy (non-hydrogen) atoms. The van der Waals surface area contributed by atoms with Crippen LogP contribution in [0.15, 0.2) is 4.99 Å². The molecule has 0 aromatic carbocycles. The summed E-state index contributed by atoms with van der Waals surface area (Å²) in [5.41, 5.74) is 0. The van der Waals surface area contributed by atoms with Crippen LogP contribution in [-0.2, 0) is 13.6 Å². The number of nitrogens with zero attached hydrogens (tertiary/aromatic N) is 1. The highest BCUT2D eigenvalue weighted by Crippen LogP contribution is 2.13. The van der Waals surface area contributed by atoms with Crippen LogP contribution in [0.1, 0.15) is 13.3 Å². The summed E-state index contributed by atoms with van der Waals surface area (Å²) < 4.78 is 10.6. The monoisotopic (exact) mass is 189 g/mol. The van der Waals surface area contributed by atoms with Crippen LogP contribution in [0.5, 0.6) is 0 Å². The summed E-state index contributed by atoms with van der Waals surface area (Å²) in [6.45, 7) is 4.09. The highest BCUT2D eigenvalue weighted by Gasteiger charge is 2.28. The van der Waals surface area contributed by atoms with E-state index in [4.69, 9.17) is 8.85 Å². The summed E-state index contributed by atoms with van der Waals surface area (Å²) in [6.07, 6.45) is 2.44. The number of carbonyl (C=O) groups excluding carboxylic acids is 1. The zero-order valence-corrected chi connectivity index (χ0v) is 8.79. The van der Waals surface area contributed by atoms with Crippen molar-refractivity contribution in [3.05, 3.63) is 0 Å². The van der Waals surface area contributed by atoms with Crippen molar-refractivity contribution in [2.75, 3.05) is 13.8 Å². The number of isocyanates is 1. The van der Waals surface area contributed by atoms with Gasteiger partial charge in [-0.3, -0.25) is 0 Å². The zero-order chi connectivity index (χ0) is 9.45. The summed E-state index contributed by atoms with van der Waals surface area (Å²) in [4.78, 5) is 13.1. The van der Waals surface area contributed by atoms with Crippen LogP contribution in [0.25, 0.3) is 0 Å². The van der Waals surface area contributed by atoms with Crippen molar-refractivity contribution in [2.24, 2.45) is 4.99 Å². The van der Waals surface area contributed by atoms with Crippen LogP contribution in [-0.4, -0.2) is 28.5 Å². The maximum Gasteiger partial charge on any atom is 0.336 e. The van der Waals surface area contributed by atoms with E-state index < -0.39 is 8.56 Å². The van der Waals surface area contributed by atoms with Crippen LogP contribution in [0.4, 0.5) is 0 Å². The average molecular weight is 189 g/mol. The molecule has 0 amide bonds. The molecule has 0 aromatic rings. The molecular weight excluding hydrogens is 174 g/mol. The molecule has 5 heteroatoms. The van der Waals surface area contributed by atoms with E-state index in [0.29, 0.717) is 0 Å². The first-order chi connectivity index (χ1) is 5.68. The lowest BCUT2D eigenvalue weighted by Gasteiger charge is -2.22. The largest absolute Gasteiger partial charge is 0.398 e. The third-order valence-corrected chi connectivity index (χ3v) is 4.65. The topological polar surface area (TPSA) is 47.9 Å². The molecule has 0 saturated carbocycles. The molecular formula is C7H15NO3Si. The van der Waals surface area contributed by atoms with Crippen molar-refractivity contribution < 1.29 is 13.6 Å². The van der Waals surface area contributed by atoms with E-state index in [0.717, 1.165) is 12.5 Å². The second-order valence-electron chi connectivity index (χ2n) is 2.61. The Morgan fingerprint density at radius 2 is 2.25 bits per heavy atom. The summed E-state index contributed by atoms with van der Waals surface area (Å²) in [7, 11) is -0.402. The molecule has 0 radical (unpaired) electrons. The van der Waals surface area contributed by atoms with E-state index in [-0.39, 0.29) is 6.73 Å². The molecule has 0 rings (SSSR count). The normalized spacial score (nSPS) is 14.9. The Hall–Kier alpha value is -0.483. The van der Waals surface area contributed by atoms with Crippen molar-refractivity contribution in [3.8, 4) is 0 Å². The first-order valence-electron chi connectivity index (χ1n) is 3.91. The molecule has 0 N–H and O–H groups in total. The fourth-order valence-corrected chi connectivity index (χ4v) is 2.59. The molecule has 70 valence electrons. The number of hydrogen-bond acceptors (Lipinski definition) is 4. The van der Waals surface area contributed by atoms with Crippen molar-refractivity contribution in [2.45, 2.75) is 25.9 Å². The number of aliphatic imine (C=N–C) groups is 1. The van der Waals surface area contributed by atoms with Crippen molar-refractivity contribution >= 4 is 14.6 Å². The van der Waals surface area contributed by atoms with Crippen molar-refractivity contribution in [3.63, 3.8) is 0 Å². The predicted molar refractivity (Wildman–Crippen MR) is 47.8 cm³/mol. The van der Waals surface area contributed by atoms with Gasteiger partial charge in [0.2, 0.25) is 6.08 Å². The molecule has 0 heterocycles. The standard InChI is InChI=1S/C7H15NO3Si/c1-4-5-12(3,10-2)11-7-8-6-9/h4-5,7H2,1-3H3. The second-order valence-corrected chi connectivity index (χ2v) is 6.08. The predicted octanol–water partition coefficient (Wildman–Crippen LogP) is 1.42. The third kappa shape index (κ3) is 4.41. The van der Waals surface area contributed by atoms with Gasteiger partial charge < -0.3 is 8.85 Å². The first-order valence-corrected chi connectivity index (χ1v) is 6.43. The van der Waals surface area contributed by atoms with Gasteiger partial charge in [-0.1, -0.05) is 13.3 Å². The Balaban J connectivity index is 3.86. The maximum absolute atomic E-state index is 9.74. The lowest BCUT2D eigenvalue weighted by atomic mass is 10.6. The van der Waals surface area contributed by atoms with Crippen LogP contribution in [0.2, 0.25) is 12.6 Å². The van der Waals surface area contributed by atoms with Gasteiger partial charge in [-0.05, 0) is 12.6 Å². The SMILES string of the molecule is CCC[Si](C)(OC)OCN=C=O. The Kier molecular flexibility index (Phi) is 5.83. The van der Waals surface area contributed by atoms with Gasteiger partial charge in [0.25, 0.3) is 0 Å². The van der Waals surface area contributed by atoms with Crippen LogP contribution < -0.4 is 0 Å².